The number of nitrogen functional groups attached to an aromatic ring is 1. The van der Waals surface area contributed by atoms with Gasteiger partial charge in [-0.25, -0.2) is 9.78 Å². The van der Waals surface area contributed by atoms with Crippen LogP contribution in [0.5, 0.6) is 0 Å². The van der Waals surface area contributed by atoms with Gasteiger partial charge in [-0.05, 0) is 17.7 Å². The Morgan fingerprint density at radius 2 is 1.95 bits per heavy atom. The van der Waals surface area contributed by atoms with Gasteiger partial charge in [-0.15, -0.1) is 0 Å². The van der Waals surface area contributed by atoms with E-state index in [0.717, 1.165) is 0 Å². The maximum atomic E-state index is 12.2. The normalized spacial score (nSPS) is 10.2. The topological polar surface area (TPSA) is 93.3 Å². The second-order valence-electron chi connectivity index (χ2n) is 4.12. The van der Waals surface area contributed by atoms with Crippen LogP contribution >= 0.6 is 11.6 Å². The summed E-state index contributed by atoms with van der Waals surface area (Å²) in [6.45, 7) is 0. The highest BCUT2D eigenvalue weighted by Gasteiger charge is 2.20. The van der Waals surface area contributed by atoms with E-state index in [0.29, 0.717) is 10.6 Å². The van der Waals surface area contributed by atoms with Crippen molar-refractivity contribution in [1.29, 1.82) is 0 Å². The molecule has 20 heavy (non-hydrogen) atoms. The van der Waals surface area contributed by atoms with Gasteiger partial charge in [0, 0.05) is 23.2 Å². The van der Waals surface area contributed by atoms with E-state index in [-0.39, 0.29) is 29.1 Å². The zero-order chi connectivity index (χ0) is 14.7. The van der Waals surface area contributed by atoms with Crippen LogP contribution < -0.4 is 5.73 Å². The number of nitrogens with zero attached hydrogens (tertiary/aromatic N) is 1. The number of halogens is 1. The van der Waals surface area contributed by atoms with E-state index in [9.17, 15) is 9.59 Å². The van der Waals surface area contributed by atoms with E-state index in [1.54, 1.807) is 24.3 Å². The van der Waals surface area contributed by atoms with Crippen LogP contribution in [0, 0.1) is 0 Å². The lowest BCUT2D eigenvalue weighted by Gasteiger charge is -2.08. The maximum Gasteiger partial charge on any atom is 0.340 e. The van der Waals surface area contributed by atoms with E-state index < -0.39 is 5.97 Å². The van der Waals surface area contributed by atoms with Gasteiger partial charge in [0.05, 0.1) is 0 Å². The molecule has 5 nitrogen and oxygen atoms in total. The summed E-state index contributed by atoms with van der Waals surface area (Å²) in [5.74, 6) is -1.83. The number of nitrogens with two attached hydrogens (primary N) is 1. The average molecular weight is 291 g/mol. The number of rotatable bonds is 4. The SMILES string of the molecule is Nc1nccc(C(=O)Cc2ccccc2Cl)c1C(=O)O. The summed E-state index contributed by atoms with van der Waals surface area (Å²) in [4.78, 5) is 27.1. The number of hydrogen-bond donors (Lipinski definition) is 2. The Morgan fingerprint density at radius 1 is 1.25 bits per heavy atom. The molecule has 1 aromatic carbocycles. The number of aromatic nitrogens is 1. The van der Waals surface area contributed by atoms with Crippen LogP contribution in [0.1, 0.15) is 26.3 Å². The van der Waals surface area contributed by atoms with Gasteiger partial charge in [-0.1, -0.05) is 29.8 Å². The Labute approximate surface area is 120 Å². The van der Waals surface area contributed by atoms with Crippen LogP contribution in [0.25, 0.3) is 0 Å². The summed E-state index contributed by atoms with van der Waals surface area (Å²) in [6.07, 6.45) is 1.31. The van der Waals surface area contributed by atoms with Gasteiger partial charge in [0.25, 0.3) is 0 Å². The smallest absolute Gasteiger partial charge is 0.340 e. The van der Waals surface area contributed by atoms with Crippen LogP contribution in [0.4, 0.5) is 5.82 Å². The summed E-state index contributed by atoms with van der Waals surface area (Å²) in [5.41, 5.74) is 5.90. The first-order chi connectivity index (χ1) is 9.50. The molecule has 3 N–H and O–H groups in total. The molecule has 0 fully saturated rings. The molecule has 0 bridgehead atoms. The van der Waals surface area contributed by atoms with E-state index in [1.807, 2.05) is 0 Å². The Kier molecular flexibility index (Phi) is 4.00. The fraction of sp³-hybridized carbons (Fsp3) is 0.0714. The number of pyridine rings is 1. The Balaban J connectivity index is 2.38. The summed E-state index contributed by atoms with van der Waals surface area (Å²) < 4.78 is 0. The third kappa shape index (κ3) is 2.78. The molecule has 0 radical (unpaired) electrons. The van der Waals surface area contributed by atoms with Crippen LogP contribution in [-0.4, -0.2) is 21.8 Å². The summed E-state index contributed by atoms with van der Waals surface area (Å²) in [5, 5.41) is 9.58. The molecule has 0 aliphatic carbocycles. The van der Waals surface area contributed by atoms with Gasteiger partial charge < -0.3 is 10.8 Å². The van der Waals surface area contributed by atoms with E-state index >= 15 is 0 Å². The second kappa shape index (κ2) is 5.71. The minimum absolute atomic E-state index is 0.00338. The lowest BCUT2D eigenvalue weighted by molar-refractivity contribution is 0.0692. The predicted octanol–water partition coefficient (Wildman–Crippen LogP) is 2.44. The molecule has 0 spiro atoms. The number of benzene rings is 1. The van der Waals surface area contributed by atoms with Gasteiger partial charge in [-0.3, -0.25) is 4.79 Å². The first-order valence-corrected chi connectivity index (χ1v) is 6.13. The molecule has 1 aromatic heterocycles. The highest BCUT2D eigenvalue weighted by atomic mass is 35.5. The Morgan fingerprint density at radius 3 is 2.60 bits per heavy atom. The van der Waals surface area contributed by atoms with Crippen molar-refractivity contribution in [3.63, 3.8) is 0 Å². The molecular weight excluding hydrogens is 280 g/mol. The van der Waals surface area contributed by atoms with Gasteiger partial charge in [0.2, 0.25) is 0 Å². The van der Waals surface area contributed by atoms with Crippen LogP contribution in [0.2, 0.25) is 5.02 Å². The van der Waals surface area contributed by atoms with Gasteiger partial charge in [0.1, 0.15) is 11.4 Å². The third-order valence-electron chi connectivity index (χ3n) is 2.80. The van der Waals surface area contributed by atoms with Crippen molar-refractivity contribution in [2.24, 2.45) is 0 Å². The van der Waals surface area contributed by atoms with Crippen molar-refractivity contribution in [2.45, 2.75) is 6.42 Å². The van der Waals surface area contributed by atoms with Crippen LogP contribution in [-0.2, 0) is 6.42 Å². The highest BCUT2D eigenvalue weighted by Crippen LogP contribution is 2.20. The number of carboxylic acid groups (broad SMARTS) is 1. The predicted molar refractivity (Wildman–Crippen MR) is 75.1 cm³/mol. The van der Waals surface area contributed by atoms with Crippen LogP contribution in [0.15, 0.2) is 36.5 Å². The molecule has 6 heteroatoms. The Bertz CT molecular complexity index is 686. The minimum atomic E-state index is -1.28. The molecule has 102 valence electrons. The first kappa shape index (κ1) is 14.0. The number of carbonyl (C=O) groups is 2. The number of carbonyl (C=O) groups excluding carboxylic acids is 1. The molecule has 2 aromatic rings. The van der Waals surface area contributed by atoms with Crippen molar-refractivity contribution in [3.05, 3.63) is 58.2 Å². The number of anilines is 1. The largest absolute Gasteiger partial charge is 0.478 e. The van der Waals surface area contributed by atoms with Gasteiger partial charge in [-0.2, -0.15) is 0 Å². The first-order valence-electron chi connectivity index (χ1n) is 5.75. The van der Waals surface area contributed by atoms with Crippen LogP contribution in [0.3, 0.4) is 0 Å². The van der Waals surface area contributed by atoms with Crippen molar-refractivity contribution in [1.82, 2.24) is 4.98 Å². The number of carboxylic acids is 1. The summed E-state index contributed by atoms with van der Waals surface area (Å²) in [7, 11) is 0. The molecule has 0 saturated heterocycles. The van der Waals surface area contributed by atoms with E-state index in [2.05, 4.69) is 4.98 Å². The molecule has 2 rings (SSSR count). The Hall–Kier alpha value is -2.40. The third-order valence-corrected chi connectivity index (χ3v) is 3.17. The average Bonchev–Trinajstić information content (AvgIpc) is 2.40. The zero-order valence-corrected chi connectivity index (χ0v) is 11.1. The number of ketones is 1. The maximum absolute atomic E-state index is 12.2. The number of hydrogen-bond acceptors (Lipinski definition) is 4. The van der Waals surface area contributed by atoms with Crippen molar-refractivity contribution < 1.29 is 14.7 Å². The van der Waals surface area contributed by atoms with Crippen molar-refractivity contribution in [2.75, 3.05) is 5.73 Å². The van der Waals surface area contributed by atoms with E-state index in [1.165, 1.54) is 12.3 Å². The molecule has 0 unspecified atom stereocenters. The second-order valence-corrected chi connectivity index (χ2v) is 4.52. The molecule has 0 aliphatic rings. The lowest BCUT2D eigenvalue weighted by Crippen LogP contribution is -2.14. The van der Waals surface area contributed by atoms with Crippen molar-refractivity contribution >= 4 is 29.2 Å². The fourth-order valence-corrected chi connectivity index (χ4v) is 2.05. The zero-order valence-electron chi connectivity index (χ0n) is 10.3. The molecule has 0 saturated carbocycles. The summed E-state index contributed by atoms with van der Waals surface area (Å²) in [6, 6.07) is 8.24. The molecule has 0 aliphatic heterocycles. The fourth-order valence-electron chi connectivity index (χ4n) is 1.85. The van der Waals surface area contributed by atoms with Gasteiger partial charge >= 0.3 is 5.97 Å². The summed E-state index contributed by atoms with van der Waals surface area (Å²) >= 11 is 5.98. The monoisotopic (exact) mass is 290 g/mol. The molecular formula is C14H11ClN2O3. The molecule has 0 amide bonds. The minimum Gasteiger partial charge on any atom is -0.478 e. The number of aromatic carboxylic acids is 1. The highest BCUT2D eigenvalue weighted by molar-refractivity contribution is 6.31. The van der Waals surface area contributed by atoms with Gasteiger partial charge in [0.15, 0.2) is 5.78 Å². The standard InChI is InChI=1S/C14H11ClN2O3/c15-10-4-2-1-3-8(10)7-11(18)9-5-6-17-13(16)12(9)14(19)20/h1-6H,7H2,(H2,16,17)(H,19,20). The quantitative estimate of drug-likeness (QED) is 0.844. The lowest BCUT2D eigenvalue weighted by atomic mass is 9.99. The molecule has 1 heterocycles. The molecule has 0 atom stereocenters. The van der Waals surface area contributed by atoms with Crippen molar-refractivity contribution in [3.8, 4) is 0 Å². The number of Topliss-reactive ketones (excluding diaryl/α,β-unsaturated/α-hetero) is 1. The van der Waals surface area contributed by atoms with E-state index in [4.69, 9.17) is 22.4 Å².